The number of aromatic nitrogens is 1. The minimum atomic E-state index is -0.0495. The summed E-state index contributed by atoms with van der Waals surface area (Å²) in [5.74, 6) is 0.613. The quantitative estimate of drug-likeness (QED) is 0.724. The third kappa shape index (κ3) is 3.66. The first-order valence-electron chi connectivity index (χ1n) is 8.87. The van der Waals surface area contributed by atoms with Crippen molar-refractivity contribution in [2.75, 3.05) is 30.4 Å². The Morgan fingerprint density at radius 3 is 2.93 bits per heavy atom. The SMILES string of the molecule is COc1ccccc1NC(=O)CN1CCc2cc(-c3csc(C)n3)ccc21. The monoisotopic (exact) mass is 379 g/mol. The van der Waals surface area contributed by atoms with Gasteiger partial charge in [-0.3, -0.25) is 4.79 Å². The lowest BCUT2D eigenvalue weighted by Crippen LogP contribution is -2.31. The lowest BCUT2D eigenvalue weighted by molar-refractivity contribution is -0.115. The normalized spacial score (nSPS) is 12.7. The number of rotatable bonds is 5. The molecule has 1 aliphatic rings. The molecule has 1 aliphatic heterocycles. The molecule has 3 aromatic rings. The molecule has 0 aliphatic carbocycles. The van der Waals surface area contributed by atoms with E-state index in [4.69, 9.17) is 4.74 Å². The number of carbonyl (C=O) groups is 1. The summed E-state index contributed by atoms with van der Waals surface area (Å²) in [7, 11) is 1.60. The smallest absolute Gasteiger partial charge is 0.243 e. The Hall–Kier alpha value is -2.86. The van der Waals surface area contributed by atoms with Crippen LogP contribution in [0.1, 0.15) is 10.6 Å². The molecule has 4 rings (SSSR count). The number of anilines is 2. The molecule has 0 radical (unpaired) electrons. The molecule has 1 N–H and O–H groups in total. The van der Waals surface area contributed by atoms with Crippen molar-refractivity contribution in [2.45, 2.75) is 13.3 Å². The van der Waals surface area contributed by atoms with Crippen LogP contribution in [0.15, 0.2) is 47.8 Å². The molecule has 138 valence electrons. The average Bonchev–Trinajstić information content (AvgIpc) is 3.28. The number of nitrogens with zero attached hydrogens (tertiary/aromatic N) is 2. The number of benzene rings is 2. The molecular formula is C21H21N3O2S. The number of carbonyl (C=O) groups excluding carboxylic acids is 1. The molecule has 0 fully saturated rings. The number of aryl methyl sites for hydroxylation is 1. The molecule has 27 heavy (non-hydrogen) atoms. The van der Waals surface area contributed by atoms with E-state index in [1.165, 1.54) is 5.56 Å². The first kappa shape index (κ1) is 17.5. The van der Waals surface area contributed by atoms with Gasteiger partial charge < -0.3 is 15.0 Å². The summed E-state index contributed by atoms with van der Waals surface area (Å²) in [5, 5.41) is 6.10. The van der Waals surface area contributed by atoms with Crippen LogP contribution in [-0.2, 0) is 11.2 Å². The summed E-state index contributed by atoms with van der Waals surface area (Å²) in [6.07, 6.45) is 0.939. The molecule has 1 aromatic heterocycles. The van der Waals surface area contributed by atoms with Crippen molar-refractivity contribution in [3.05, 3.63) is 58.4 Å². The van der Waals surface area contributed by atoms with Crippen molar-refractivity contribution in [2.24, 2.45) is 0 Å². The standard InChI is InChI=1S/C21H21N3O2S/c1-14-22-18(13-27-14)15-7-8-19-16(11-15)9-10-24(19)12-21(25)23-17-5-3-4-6-20(17)26-2/h3-8,11,13H,9-10,12H2,1-2H3,(H,23,25). The lowest BCUT2D eigenvalue weighted by atomic mass is 10.1. The van der Waals surface area contributed by atoms with Gasteiger partial charge in [0.25, 0.3) is 0 Å². The van der Waals surface area contributed by atoms with Crippen LogP contribution in [0.5, 0.6) is 5.75 Å². The van der Waals surface area contributed by atoms with Gasteiger partial charge in [0.15, 0.2) is 0 Å². The molecule has 2 aromatic carbocycles. The van der Waals surface area contributed by atoms with Gasteiger partial charge in [-0.25, -0.2) is 4.98 Å². The van der Waals surface area contributed by atoms with E-state index in [0.717, 1.165) is 34.9 Å². The first-order chi connectivity index (χ1) is 13.1. The van der Waals surface area contributed by atoms with Crippen LogP contribution >= 0.6 is 11.3 Å². The van der Waals surface area contributed by atoms with Crippen molar-refractivity contribution < 1.29 is 9.53 Å². The van der Waals surface area contributed by atoms with Gasteiger partial charge >= 0.3 is 0 Å². The minimum absolute atomic E-state index is 0.0495. The Labute approximate surface area is 162 Å². The topological polar surface area (TPSA) is 54.5 Å². The summed E-state index contributed by atoms with van der Waals surface area (Å²) < 4.78 is 5.30. The van der Waals surface area contributed by atoms with E-state index in [9.17, 15) is 4.79 Å². The Morgan fingerprint density at radius 1 is 1.30 bits per heavy atom. The number of hydrogen-bond donors (Lipinski definition) is 1. The van der Waals surface area contributed by atoms with Gasteiger partial charge in [0, 0.05) is 23.2 Å². The van der Waals surface area contributed by atoms with Crippen LogP contribution in [0.4, 0.5) is 11.4 Å². The zero-order valence-corrected chi connectivity index (χ0v) is 16.2. The summed E-state index contributed by atoms with van der Waals surface area (Å²) in [6, 6.07) is 13.8. The number of thiazole rings is 1. The van der Waals surface area contributed by atoms with Gasteiger partial charge in [0.1, 0.15) is 5.75 Å². The molecule has 5 nitrogen and oxygen atoms in total. The highest BCUT2D eigenvalue weighted by Gasteiger charge is 2.22. The van der Waals surface area contributed by atoms with Gasteiger partial charge in [-0.1, -0.05) is 18.2 Å². The predicted octanol–water partition coefficient (Wildman–Crippen LogP) is 4.13. The van der Waals surface area contributed by atoms with E-state index in [0.29, 0.717) is 18.0 Å². The van der Waals surface area contributed by atoms with E-state index in [1.54, 1.807) is 18.4 Å². The van der Waals surface area contributed by atoms with E-state index < -0.39 is 0 Å². The molecule has 2 heterocycles. The van der Waals surface area contributed by atoms with Crippen LogP contribution in [0.3, 0.4) is 0 Å². The fourth-order valence-electron chi connectivity index (χ4n) is 3.40. The van der Waals surface area contributed by atoms with Crippen molar-refractivity contribution in [1.82, 2.24) is 4.98 Å². The van der Waals surface area contributed by atoms with Gasteiger partial charge in [-0.15, -0.1) is 11.3 Å². The third-order valence-electron chi connectivity index (χ3n) is 4.70. The van der Waals surface area contributed by atoms with Crippen LogP contribution in [0.25, 0.3) is 11.3 Å². The Balaban J connectivity index is 1.47. The lowest BCUT2D eigenvalue weighted by Gasteiger charge is -2.19. The van der Waals surface area contributed by atoms with E-state index in [1.807, 2.05) is 31.2 Å². The second-order valence-electron chi connectivity index (χ2n) is 6.52. The van der Waals surface area contributed by atoms with Gasteiger partial charge in [-0.2, -0.15) is 0 Å². The Bertz CT molecular complexity index is 983. The molecule has 0 saturated carbocycles. The second-order valence-corrected chi connectivity index (χ2v) is 7.58. The van der Waals surface area contributed by atoms with E-state index >= 15 is 0 Å². The Kier molecular flexibility index (Phi) is 4.81. The van der Waals surface area contributed by atoms with E-state index in [2.05, 4.69) is 38.8 Å². The summed E-state index contributed by atoms with van der Waals surface area (Å²) in [5.41, 5.74) is 5.24. The number of para-hydroxylation sites is 2. The molecule has 0 bridgehead atoms. The molecule has 0 unspecified atom stereocenters. The van der Waals surface area contributed by atoms with Crippen molar-refractivity contribution in [3.8, 4) is 17.0 Å². The molecule has 1 amide bonds. The highest BCUT2D eigenvalue weighted by molar-refractivity contribution is 7.09. The number of fused-ring (bicyclic) bond motifs is 1. The number of nitrogens with one attached hydrogen (secondary N) is 1. The van der Waals surface area contributed by atoms with Crippen molar-refractivity contribution in [1.29, 1.82) is 0 Å². The van der Waals surface area contributed by atoms with Crippen LogP contribution in [-0.4, -0.2) is 31.1 Å². The number of hydrogen-bond acceptors (Lipinski definition) is 5. The zero-order valence-electron chi connectivity index (χ0n) is 15.4. The third-order valence-corrected chi connectivity index (χ3v) is 5.48. The van der Waals surface area contributed by atoms with Crippen LogP contribution in [0, 0.1) is 6.92 Å². The highest BCUT2D eigenvalue weighted by Crippen LogP contribution is 2.32. The summed E-state index contributed by atoms with van der Waals surface area (Å²) in [4.78, 5) is 19.2. The molecule has 0 spiro atoms. The second kappa shape index (κ2) is 7.40. The fourth-order valence-corrected chi connectivity index (χ4v) is 4.02. The summed E-state index contributed by atoms with van der Waals surface area (Å²) >= 11 is 1.66. The molecule has 0 saturated heterocycles. The number of ether oxygens (including phenoxy) is 1. The maximum Gasteiger partial charge on any atom is 0.243 e. The van der Waals surface area contributed by atoms with Gasteiger partial charge in [0.05, 0.1) is 30.0 Å². The average molecular weight is 379 g/mol. The summed E-state index contributed by atoms with van der Waals surface area (Å²) in [6.45, 7) is 3.18. The maximum absolute atomic E-state index is 12.5. The predicted molar refractivity (Wildman–Crippen MR) is 110 cm³/mol. The molecule has 6 heteroatoms. The first-order valence-corrected chi connectivity index (χ1v) is 9.75. The van der Waals surface area contributed by atoms with Crippen molar-refractivity contribution >= 4 is 28.6 Å². The van der Waals surface area contributed by atoms with Crippen molar-refractivity contribution in [3.63, 3.8) is 0 Å². The van der Waals surface area contributed by atoms with Gasteiger partial charge in [-0.05, 0) is 43.2 Å². The van der Waals surface area contributed by atoms with Crippen LogP contribution < -0.4 is 15.0 Å². The van der Waals surface area contributed by atoms with E-state index in [-0.39, 0.29) is 5.91 Å². The fraction of sp³-hybridized carbons (Fsp3) is 0.238. The number of methoxy groups -OCH3 is 1. The zero-order chi connectivity index (χ0) is 18.8. The van der Waals surface area contributed by atoms with Crippen LogP contribution in [0.2, 0.25) is 0 Å². The largest absolute Gasteiger partial charge is 0.495 e. The Morgan fingerprint density at radius 2 is 2.15 bits per heavy atom. The highest BCUT2D eigenvalue weighted by atomic mass is 32.1. The molecular weight excluding hydrogens is 358 g/mol. The maximum atomic E-state index is 12.5. The minimum Gasteiger partial charge on any atom is -0.495 e. The number of amides is 1. The van der Waals surface area contributed by atoms with Gasteiger partial charge in [0.2, 0.25) is 5.91 Å². The molecule has 0 atom stereocenters.